The van der Waals surface area contributed by atoms with E-state index in [2.05, 4.69) is 10.2 Å². The fourth-order valence-corrected chi connectivity index (χ4v) is 2.80. The van der Waals surface area contributed by atoms with Crippen LogP contribution in [0.1, 0.15) is 5.56 Å². The molecule has 4 rings (SSSR count). The molecule has 0 spiro atoms. The summed E-state index contributed by atoms with van der Waals surface area (Å²) < 4.78 is 40.3. The number of fused-ring (bicyclic) bond motifs is 3. The van der Waals surface area contributed by atoms with Crippen LogP contribution in [0.5, 0.6) is 5.88 Å². The van der Waals surface area contributed by atoms with Gasteiger partial charge in [-0.05, 0) is 48.0 Å². The standard InChI is InChI=1S/C16H8ClF3N4O/c17-13-11-3-1-2-4-12(11)24-14(21-13)15(25)23(22-24)10-7-5-9(6-8-10)16(18,19)20/h1-8H. The number of para-hydroxylation sites is 1. The summed E-state index contributed by atoms with van der Waals surface area (Å²) in [6.45, 7) is 0. The topological polar surface area (TPSA) is 57.9 Å². The molecule has 2 aromatic carbocycles. The Hall–Kier alpha value is -2.87. The average molecular weight is 365 g/mol. The Morgan fingerprint density at radius 2 is 1.72 bits per heavy atom. The van der Waals surface area contributed by atoms with Gasteiger partial charge in [0.25, 0.3) is 0 Å². The van der Waals surface area contributed by atoms with Crippen molar-refractivity contribution in [2.45, 2.75) is 6.18 Å². The fourth-order valence-electron chi connectivity index (χ4n) is 2.56. The van der Waals surface area contributed by atoms with E-state index in [1.807, 2.05) is 0 Å². The van der Waals surface area contributed by atoms with Gasteiger partial charge < -0.3 is 5.11 Å². The molecule has 2 aromatic heterocycles. The van der Waals surface area contributed by atoms with Gasteiger partial charge in [-0.1, -0.05) is 17.1 Å². The first-order valence-electron chi connectivity index (χ1n) is 7.10. The Balaban J connectivity index is 1.94. The molecule has 2 heterocycles. The van der Waals surface area contributed by atoms with Crippen LogP contribution in [0.3, 0.4) is 0 Å². The van der Waals surface area contributed by atoms with E-state index in [0.717, 1.165) is 16.8 Å². The zero-order valence-corrected chi connectivity index (χ0v) is 13.1. The molecule has 0 unspecified atom stereocenters. The molecule has 0 saturated heterocycles. The Bertz CT molecular complexity index is 1110. The van der Waals surface area contributed by atoms with Gasteiger partial charge in [-0.25, -0.2) is 0 Å². The lowest BCUT2D eigenvalue weighted by Crippen LogP contribution is -2.27. The first-order valence-corrected chi connectivity index (χ1v) is 7.48. The molecule has 9 heteroatoms. The quantitative estimate of drug-likeness (QED) is 0.385. The molecule has 0 aliphatic heterocycles. The minimum Gasteiger partial charge on any atom is -0.842 e. The Morgan fingerprint density at radius 3 is 2.40 bits per heavy atom. The van der Waals surface area contributed by atoms with Crippen molar-refractivity contribution in [3.05, 3.63) is 59.2 Å². The molecule has 0 saturated carbocycles. The zero-order valence-electron chi connectivity index (χ0n) is 12.3. The van der Waals surface area contributed by atoms with Crippen molar-refractivity contribution < 1.29 is 22.8 Å². The van der Waals surface area contributed by atoms with Crippen molar-refractivity contribution in [1.82, 2.24) is 14.9 Å². The minimum absolute atomic E-state index is 0.0106. The molecule has 4 aromatic rings. The van der Waals surface area contributed by atoms with Gasteiger partial charge in [-0.3, -0.25) is 0 Å². The molecule has 0 bridgehead atoms. The maximum absolute atomic E-state index is 12.7. The summed E-state index contributed by atoms with van der Waals surface area (Å²) in [7, 11) is 0. The molecule has 25 heavy (non-hydrogen) atoms. The van der Waals surface area contributed by atoms with Crippen LogP contribution in [0.4, 0.5) is 13.2 Å². The maximum Gasteiger partial charge on any atom is 0.416 e. The first kappa shape index (κ1) is 15.6. The van der Waals surface area contributed by atoms with Gasteiger partial charge >= 0.3 is 11.8 Å². The highest BCUT2D eigenvalue weighted by molar-refractivity contribution is 6.34. The predicted octanol–water partition coefficient (Wildman–Crippen LogP) is 2.91. The monoisotopic (exact) mass is 364 g/mol. The lowest BCUT2D eigenvalue weighted by molar-refractivity contribution is -0.558. The second-order valence-corrected chi connectivity index (χ2v) is 5.66. The summed E-state index contributed by atoms with van der Waals surface area (Å²) >= 11 is 6.11. The number of aromatic nitrogens is 4. The smallest absolute Gasteiger partial charge is 0.416 e. The maximum atomic E-state index is 12.7. The highest BCUT2D eigenvalue weighted by atomic mass is 35.5. The van der Waals surface area contributed by atoms with Crippen LogP contribution in [0.2, 0.25) is 5.15 Å². The van der Waals surface area contributed by atoms with E-state index in [0.29, 0.717) is 10.9 Å². The van der Waals surface area contributed by atoms with Crippen molar-refractivity contribution in [3.8, 4) is 11.6 Å². The van der Waals surface area contributed by atoms with Crippen LogP contribution in [0, 0.1) is 0 Å². The van der Waals surface area contributed by atoms with Crippen molar-refractivity contribution in [2.75, 3.05) is 0 Å². The minimum atomic E-state index is -4.45. The molecule has 0 atom stereocenters. The second kappa shape index (κ2) is 5.32. The van der Waals surface area contributed by atoms with Gasteiger partial charge in [0, 0.05) is 5.21 Å². The summed E-state index contributed by atoms with van der Waals surface area (Å²) in [4.78, 5) is 4.06. The first-order chi connectivity index (χ1) is 11.9. The van der Waals surface area contributed by atoms with E-state index in [1.165, 1.54) is 16.6 Å². The van der Waals surface area contributed by atoms with Crippen molar-refractivity contribution in [2.24, 2.45) is 0 Å². The number of benzene rings is 2. The van der Waals surface area contributed by atoms with Crippen LogP contribution in [-0.4, -0.2) is 14.9 Å². The highest BCUT2D eigenvalue weighted by Crippen LogP contribution is 2.30. The molecule has 0 radical (unpaired) electrons. The molecule has 0 fully saturated rings. The Kier molecular flexibility index (Phi) is 3.33. The summed E-state index contributed by atoms with van der Waals surface area (Å²) in [5.74, 6) is -0.576. The SMILES string of the molecule is [O-]c1c2nc(Cl)c3ccccc3[n+]2nn1-c1ccc(C(F)(F)F)cc1. The van der Waals surface area contributed by atoms with Gasteiger partial charge in [0.05, 0.1) is 10.9 Å². The third-order valence-corrected chi connectivity index (χ3v) is 4.05. The van der Waals surface area contributed by atoms with E-state index in [4.69, 9.17) is 11.6 Å². The van der Waals surface area contributed by atoms with E-state index in [-0.39, 0.29) is 16.5 Å². The van der Waals surface area contributed by atoms with Gasteiger partial charge in [0.15, 0.2) is 0 Å². The van der Waals surface area contributed by atoms with Crippen LogP contribution in [0.15, 0.2) is 48.5 Å². The number of hydrogen-bond donors (Lipinski definition) is 0. The number of halogens is 4. The molecule has 126 valence electrons. The van der Waals surface area contributed by atoms with Crippen LogP contribution in [-0.2, 0) is 6.18 Å². The number of alkyl halides is 3. The van der Waals surface area contributed by atoms with Crippen LogP contribution >= 0.6 is 11.6 Å². The van der Waals surface area contributed by atoms with Crippen molar-refractivity contribution in [1.29, 1.82) is 0 Å². The normalized spacial score (nSPS) is 12.2. The molecule has 0 aliphatic rings. The van der Waals surface area contributed by atoms with E-state index >= 15 is 0 Å². The third kappa shape index (κ3) is 2.45. The third-order valence-electron chi connectivity index (χ3n) is 3.76. The highest BCUT2D eigenvalue weighted by Gasteiger charge is 2.30. The second-order valence-electron chi connectivity index (χ2n) is 5.31. The number of hydrogen-bond acceptors (Lipinski definition) is 3. The van der Waals surface area contributed by atoms with Crippen LogP contribution in [0.25, 0.3) is 22.2 Å². The van der Waals surface area contributed by atoms with E-state index in [1.54, 1.807) is 24.3 Å². The lowest BCUT2D eigenvalue weighted by atomic mass is 10.2. The molecule has 0 amide bonds. The van der Waals surface area contributed by atoms with Gasteiger partial charge in [0.2, 0.25) is 5.15 Å². The largest absolute Gasteiger partial charge is 0.842 e. The van der Waals surface area contributed by atoms with Crippen LogP contribution < -0.4 is 9.62 Å². The van der Waals surface area contributed by atoms with E-state index in [9.17, 15) is 18.3 Å². The number of rotatable bonds is 1. The van der Waals surface area contributed by atoms with Crippen molar-refractivity contribution >= 4 is 28.2 Å². The Labute approximate surface area is 143 Å². The summed E-state index contributed by atoms with van der Waals surface area (Å²) in [6.07, 6.45) is -4.45. The summed E-state index contributed by atoms with van der Waals surface area (Å²) in [5, 5.41) is 17.5. The zero-order chi connectivity index (χ0) is 17.8. The number of nitrogens with zero attached hydrogens (tertiary/aromatic N) is 4. The average Bonchev–Trinajstić information content (AvgIpc) is 2.92. The molecule has 0 aliphatic carbocycles. The molecular formula is C16H8ClF3N4O. The fraction of sp³-hybridized carbons (Fsp3) is 0.0625. The lowest BCUT2D eigenvalue weighted by Gasteiger charge is -2.07. The molecular weight excluding hydrogens is 357 g/mol. The van der Waals surface area contributed by atoms with Gasteiger partial charge in [0.1, 0.15) is 17.1 Å². The Morgan fingerprint density at radius 1 is 1.04 bits per heavy atom. The summed E-state index contributed by atoms with van der Waals surface area (Å²) in [6, 6.07) is 11.1. The molecule has 0 N–H and O–H groups in total. The van der Waals surface area contributed by atoms with Gasteiger partial charge in [-0.15, -0.1) is 9.20 Å². The predicted molar refractivity (Wildman–Crippen MR) is 81.5 cm³/mol. The van der Waals surface area contributed by atoms with Crippen molar-refractivity contribution in [3.63, 3.8) is 0 Å². The van der Waals surface area contributed by atoms with Gasteiger partial charge in [-0.2, -0.15) is 13.2 Å². The summed E-state index contributed by atoms with van der Waals surface area (Å²) in [5.41, 5.74) is -0.0488. The molecule has 5 nitrogen and oxygen atoms in total. The van der Waals surface area contributed by atoms with E-state index < -0.39 is 17.6 Å².